The fraction of sp³-hybridized carbons (Fsp3) is 0.333. The zero-order valence-electron chi connectivity index (χ0n) is 17.7. The lowest BCUT2D eigenvalue weighted by Gasteiger charge is -2.18. The van der Waals surface area contributed by atoms with E-state index in [1.54, 1.807) is 37.4 Å². The van der Waals surface area contributed by atoms with E-state index in [0.29, 0.717) is 47.6 Å². The Labute approximate surface area is 182 Å². The van der Waals surface area contributed by atoms with Gasteiger partial charge in [0.25, 0.3) is 0 Å². The molecule has 0 amide bonds. The first-order chi connectivity index (χ1) is 15.1. The number of ether oxygens (including phenoxy) is 1. The molecule has 0 saturated heterocycles. The molecule has 2 rings (SSSR count). The minimum Gasteiger partial charge on any atom is -0.506 e. The van der Waals surface area contributed by atoms with Crippen LogP contribution in [0.1, 0.15) is 46.9 Å². The molecule has 0 unspecified atom stereocenters. The van der Waals surface area contributed by atoms with Crippen LogP contribution >= 0.6 is 0 Å². The summed E-state index contributed by atoms with van der Waals surface area (Å²) in [6.45, 7) is 1.68. The molecule has 0 aromatic heterocycles. The van der Waals surface area contributed by atoms with Crippen LogP contribution in [0.5, 0.6) is 11.5 Å². The fourth-order valence-electron chi connectivity index (χ4n) is 3.24. The maximum atomic E-state index is 10.8. The predicted molar refractivity (Wildman–Crippen MR) is 122 cm³/mol. The van der Waals surface area contributed by atoms with E-state index in [4.69, 9.17) is 4.74 Å². The third kappa shape index (κ3) is 7.55. The summed E-state index contributed by atoms with van der Waals surface area (Å²) in [5, 5.41) is 26.7. The number of aromatic hydroxyl groups is 1. The summed E-state index contributed by atoms with van der Waals surface area (Å²) in [4.78, 5) is 21.5. The normalized spacial score (nSPS) is 11.9. The van der Waals surface area contributed by atoms with E-state index < -0.39 is 6.10 Å². The molecule has 0 heterocycles. The molecule has 166 valence electrons. The Bertz CT molecular complexity index is 882. The Kier molecular flexibility index (Phi) is 10.3. The van der Waals surface area contributed by atoms with E-state index in [1.165, 1.54) is 12.1 Å². The van der Waals surface area contributed by atoms with Crippen molar-refractivity contribution in [3.8, 4) is 11.5 Å². The number of hydrogen-bond acceptors (Lipinski definition) is 7. The molecule has 2 aromatic carbocycles. The number of phenolic OH excluding ortho intramolecular Hbond substituents is 1. The van der Waals surface area contributed by atoms with Gasteiger partial charge in [0.15, 0.2) is 0 Å². The van der Waals surface area contributed by atoms with Gasteiger partial charge in [0, 0.05) is 24.7 Å². The van der Waals surface area contributed by atoms with Crippen molar-refractivity contribution in [1.29, 1.82) is 0 Å². The van der Waals surface area contributed by atoms with E-state index in [0.717, 1.165) is 32.1 Å². The molecule has 2 aromatic rings. The highest BCUT2D eigenvalue weighted by Crippen LogP contribution is 2.33. The van der Waals surface area contributed by atoms with Crippen molar-refractivity contribution in [3.05, 3.63) is 59.2 Å². The van der Waals surface area contributed by atoms with Crippen molar-refractivity contribution in [2.24, 2.45) is 0 Å². The van der Waals surface area contributed by atoms with Crippen LogP contribution in [0.25, 0.3) is 6.08 Å². The second-order valence-corrected chi connectivity index (χ2v) is 7.03. The standard InChI is InChI=1S/C24H30N2O5/c1-25-24-21(9-6-13-27)20(10-11-22(24)29)23(30)16-26-12-3-2-4-14-31-19-8-5-7-18(15-19)17-28/h5-11,13,15,17,23,25-26,29-30H,2-4,12,14,16H2,1H3/b9-6-/t23-/m0/s1. The Morgan fingerprint density at radius 3 is 2.71 bits per heavy atom. The summed E-state index contributed by atoms with van der Waals surface area (Å²) in [6, 6.07) is 10.3. The van der Waals surface area contributed by atoms with Gasteiger partial charge in [0.2, 0.25) is 0 Å². The molecule has 0 aliphatic carbocycles. The van der Waals surface area contributed by atoms with Crippen molar-refractivity contribution in [2.45, 2.75) is 25.4 Å². The highest BCUT2D eigenvalue weighted by atomic mass is 16.5. The number of aldehydes is 2. The number of aliphatic hydroxyl groups is 1. The zero-order valence-corrected chi connectivity index (χ0v) is 17.7. The minimum atomic E-state index is -0.785. The van der Waals surface area contributed by atoms with E-state index in [9.17, 15) is 19.8 Å². The van der Waals surface area contributed by atoms with Gasteiger partial charge in [-0.2, -0.15) is 0 Å². The summed E-state index contributed by atoms with van der Waals surface area (Å²) in [5.74, 6) is 0.747. The van der Waals surface area contributed by atoms with Gasteiger partial charge in [-0.1, -0.05) is 18.2 Å². The summed E-state index contributed by atoms with van der Waals surface area (Å²) in [7, 11) is 1.67. The lowest BCUT2D eigenvalue weighted by molar-refractivity contribution is -0.104. The molecule has 0 aliphatic heterocycles. The third-order valence-corrected chi connectivity index (χ3v) is 4.81. The molecule has 0 aliphatic rings. The lowest BCUT2D eigenvalue weighted by atomic mass is 9.99. The average molecular weight is 427 g/mol. The Morgan fingerprint density at radius 2 is 1.97 bits per heavy atom. The predicted octanol–water partition coefficient (Wildman–Crippen LogP) is 3.33. The first-order valence-corrected chi connectivity index (χ1v) is 10.3. The quantitative estimate of drug-likeness (QED) is 0.159. The van der Waals surface area contributed by atoms with Crippen LogP contribution in [-0.4, -0.2) is 49.5 Å². The third-order valence-electron chi connectivity index (χ3n) is 4.81. The van der Waals surface area contributed by atoms with Crippen LogP contribution in [0.4, 0.5) is 5.69 Å². The number of phenols is 1. The number of anilines is 1. The Hall–Kier alpha value is -3.16. The van der Waals surface area contributed by atoms with Crippen molar-refractivity contribution in [3.63, 3.8) is 0 Å². The summed E-state index contributed by atoms with van der Waals surface area (Å²) in [6.07, 6.45) is 6.35. The lowest BCUT2D eigenvalue weighted by Crippen LogP contribution is -2.23. The molecule has 7 nitrogen and oxygen atoms in total. The highest BCUT2D eigenvalue weighted by molar-refractivity contribution is 5.81. The van der Waals surface area contributed by atoms with Gasteiger partial charge in [0.1, 0.15) is 24.1 Å². The molecule has 31 heavy (non-hydrogen) atoms. The number of benzene rings is 2. The van der Waals surface area contributed by atoms with E-state index in [2.05, 4.69) is 10.6 Å². The number of nitrogens with one attached hydrogen (secondary N) is 2. The van der Waals surface area contributed by atoms with Crippen LogP contribution in [-0.2, 0) is 4.79 Å². The summed E-state index contributed by atoms with van der Waals surface area (Å²) >= 11 is 0. The van der Waals surface area contributed by atoms with Gasteiger partial charge in [0.05, 0.1) is 18.4 Å². The monoisotopic (exact) mass is 426 g/mol. The molecule has 0 saturated carbocycles. The fourth-order valence-corrected chi connectivity index (χ4v) is 3.24. The molecule has 0 radical (unpaired) electrons. The molecule has 0 spiro atoms. The van der Waals surface area contributed by atoms with Gasteiger partial charge in [-0.15, -0.1) is 0 Å². The summed E-state index contributed by atoms with van der Waals surface area (Å²) < 4.78 is 5.65. The van der Waals surface area contributed by atoms with Gasteiger partial charge in [-0.25, -0.2) is 0 Å². The number of rotatable bonds is 14. The average Bonchev–Trinajstić information content (AvgIpc) is 2.79. The van der Waals surface area contributed by atoms with Gasteiger partial charge in [-0.3, -0.25) is 9.59 Å². The van der Waals surface area contributed by atoms with Crippen LogP contribution < -0.4 is 15.4 Å². The second-order valence-electron chi connectivity index (χ2n) is 7.03. The zero-order chi connectivity index (χ0) is 22.5. The topological polar surface area (TPSA) is 108 Å². The molecule has 1 atom stereocenters. The number of aliphatic hydroxyl groups excluding tert-OH is 1. The number of carbonyl (C=O) groups excluding carboxylic acids is 2. The van der Waals surface area contributed by atoms with Gasteiger partial charge >= 0.3 is 0 Å². The van der Waals surface area contributed by atoms with Crippen LogP contribution in [0.15, 0.2) is 42.5 Å². The van der Waals surface area contributed by atoms with E-state index >= 15 is 0 Å². The summed E-state index contributed by atoms with van der Waals surface area (Å²) in [5.41, 5.74) is 2.27. The van der Waals surface area contributed by atoms with Crippen molar-refractivity contribution in [2.75, 3.05) is 32.1 Å². The Morgan fingerprint density at radius 1 is 1.13 bits per heavy atom. The number of allylic oxidation sites excluding steroid dienone is 1. The maximum absolute atomic E-state index is 10.8. The van der Waals surface area contributed by atoms with Crippen molar-refractivity contribution in [1.82, 2.24) is 5.32 Å². The first kappa shape index (κ1) is 24.1. The minimum absolute atomic E-state index is 0.0528. The largest absolute Gasteiger partial charge is 0.506 e. The van der Waals surface area contributed by atoms with E-state index in [-0.39, 0.29) is 5.75 Å². The number of unbranched alkanes of at least 4 members (excludes halogenated alkanes) is 2. The van der Waals surface area contributed by atoms with Crippen LogP contribution in [0.2, 0.25) is 0 Å². The van der Waals surface area contributed by atoms with Crippen LogP contribution in [0, 0.1) is 0 Å². The van der Waals surface area contributed by atoms with Crippen molar-refractivity contribution < 1.29 is 24.5 Å². The molecule has 0 bridgehead atoms. The maximum Gasteiger partial charge on any atom is 0.150 e. The molecule has 4 N–H and O–H groups in total. The number of carbonyl (C=O) groups is 2. The second kappa shape index (κ2) is 13.2. The highest BCUT2D eigenvalue weighted by Gasteiger charge is 2.16. The first-order valence-electron chi connectivity index (χ1n) is 10.3. The number of hydrogen-bond donors (Lipinski definition) is 4. The van der Waals surface area contributed by atoms with Gasteiger partial charge in [-0.05, 0) is 61.7 Å². The molecule has 7 heteroatoms. The SMILES string of the molecule is CNc1c(O)ccc([C@@H](O)CNCCCCCOc2cccc(C=O)c2)c1/C=C\C=O. The van der Waals surface area contributed by atoms with Crippen molar-refractivity contribution >= 4 is 24.3 Å². The Balaban J connectivity index is 1.73. The molecular formula is C24H30N2O5. The molecule has 0 fully saturated rings. The van der Waals surface area contributed by atoms with E-state index in [1.807, 2.05) is 6.07 Å². The van der Waals surface area contributed by atoms with Gasteiger partial charge < -0.3 is 25.6 Å². The molecular weight excluding hydrogens is 396 g/mol. The smallest absolute Gasteiger partial charge is 0.150 e. The van der Waals surface area contributed by atoms with Crippen LogP contribution in [0.3, 0.4) is 0 Å².